The minimum absolute atomic E-state index is 0.0598. The molecule has 1 aliphatic rings. The molecule has 1 aliphatic heterocycles. The van der Waals surface area contributed by atoms with Crippen molar-refractivity contribution in [1.29, 1.82) is 5.26 Å². The van der Waals surface area contributed by atoms with E-state index in [1.54, 1.807) is 11.6 Å². The van der Waals surface area contributed by atoms with Crippen molar-refractivity contribution in [2.24, 2.45) is 5.73 Å². The standard InChI is InChI=1S/C21H16F2N4O/c1-11-3-6-14(7-4-11)27-21-18(12(2)26-27)19(16(10-24)20(25)28-21)15-8-5-13(22)9-17(15)23/h3-9,19H,25H2,1-2H3/t19-/m1/s1. The predicted molar refractivity (Wildman–Crippen MR) is 98.7 cm³/mol. The molecule has 0 aliphatic carbocycles. The Hall–Kier alpha value is -3.66. The molecule has 0 saturated heterocycles. The molecule has 0 radical (unpaired) electrons. The fourth-order valence-corrected chi connectivity index (χ4v) is 3.42. The molecule has 140 valence electrons. The van der Waals surface area contributed by atoms with Crippen molar-refractivity contribution in [3.63, 3.8) is 0 Å². The second kappa shape index (κ2) is 6.50. The number of aryl methyl sites for hydroxylation is 2. The molecule has 0 spiro atoms. The summed E-state index contributed by atoms with van der Waals surface area (Å²) in [7, 11) is 0. The van der Waals surface area contributed by atoms with Crippen LogP contribution in [0.1, 0.15) is 28.3 Å². The Morgan fingerprint density at radius 3 is 2.50 bits per heavy atom. The van der Waals surface area contributed by atoms with Crippen LogP contribution in [-0.4, -0.2) is 9.78 Å². The van der Waals surface area contributed by atoms with E-state index in [1.165, 1.54) is 6.07 Å². The Morgan fingerprint density at radius 2 is 1.86 bits per heavy atom. The highest BCUT2D eigenvalue weighted by atomic mass is 19.1. The second-order valence-electron chi connectivity index (χ2n) is 6.64. The summed E-state index contributed by atoms with van der Waals surface area (Å²) in [6.07, 6.45) is 0. The van der Waals surface area contributed by atoms with E-state index in [0.717, 1.165) is 23.4 Å². The topological polar surface area (TPSA) is 76.9 Å². The van der Waals surface area contributed by atoms with E-state index in [4.69, 9.17) is 10.5 Å². The molecule has 28 heavy (non-hydrogen) atoms. The van der Waals surface area contributed by atoms with Crippen LogP contribution < -0.4 is 10.5 Å². The minimum Gasteiger partial charge on any atom is -0.422 e. The van der Waals surface area contributed by atoms with Gasteiger partial charge >= 0.3 is 0 Å². The van der Waals surface area contributed by atoms with E-state index in [2.05, 4.69) is 5.10 Å². The molecule has 5 nitrogen and oxygen atoms in total. The van der Waals surface area contributed by atoms with Crippen molar-refractivity contribution < 1.29 is 13.5 Å². The summed E-state index contributed by atoms with van der Waals surface area (Å²) in [6, 6.07) is 12.9. The van der Waals surface area contributed by atoms with Gasteiger partial charge in [0.2, 0.25) is 11.8 Å². The smallest absolute Gasteiger partial charge is 0.229 e. The molecule has 2 N–H and O–H groups in total. The maximum Gasteiger partial charge on any atom is 0.229 e. The third-order valence-corrected chi connectivity index (χ3v) is 4.78. The van der Waals surface area contributed by atoms with Crippen molar-refractivity contribution in [2.45, 2.75) is 19.8 Å². The third kappa shape index (κ3) is 2.70. The quantitative estimate of drug-likeness (QED) is 0.732. The van der Waals surface area contributed by atoms with E-state index in [9.17, 15) is 14.0 Å². The lowest BCUT2D eigenvalue weighted by atomic mass is 9.84. The first-order valence-electron chi connectivity index (χ1n) is 8.59. The highest BCUT2D eigenvalue weighted by Gasteiger charge is 2.37. The third-order valence-electron chi connectivity index (χ3n) is 4.78. The van der Waals surface area contributed by atoms with E-state index in [0.29, 0.717) is 17.1 Å². The fraction of sp³-hybridized carbons (Fsp3) is 0.143. The zero-order valence-corrected chi connectivity index (χ0v) is 15.2. The monoisotopic (exact) mass is 378 g/mol. The summed E-state index contributed by atoms with van der Waals surface area (Å²) in [5, 5.41) is 14.1. The Balaban J connectivity index is 1.96. The molecule has 2 aromatic carbocycles. The maximum atomic E-state index is 14.6. The van der Waals surface area contributed by atoms with Gasteiger partial charge in [0.15, 0.2) is 0 Å². The van der Waals surface area contributed by atoms with Crippen LogP contribution in [0.2, 0.25) is 0 Å². The first-order chi connectivity index (χ1) is 13.4. The van der Waals surface area contributed by atoms with Crippen LogP contribution in [-0.2, 0) is 0 Å². The molecule has 2 heterocycles. The SMILES string of the molecule is Cc1ccc(-n2nc(C)c3c2OC(N)=C(C#N)[C@H]3c2ccc(F)cc2F)cc1. The van der Waals surface area contributed by atoms with Gasteiger partial charge in [0.1, 0.15) is 23.3 Å². The van der Waals surface area contributed by atoms with Crippen LogP contribution in [0.3, 0.4) is 0 Å². The van der Waals surface area contributed by atoms with Crippen LogP contribution >= 0.6 is 0 Å². The number of hydrogen-bond acceptors (Lipinski definition) is 4. The number of allylic oxidation sites excluding steroid dienone is 1. The van der Waals surface area contributed by atoms with Gasteiger partial charge in [-0.05, 0) is 32.0 Å². The summed E-state index contributed by atoms with van der Waals surface area (Å²) in [4.78, 5) is 0. The largest absolute Gasteiger partial charge is 0.422 e. The van der Waals surface area contributed by atoms with Crippen LogP contribution in [0.5, 0.6) is 5.88 Å². The van der Waals surface area contributed by atoms with Crippen molar-refractivity contribution in [3.8, 4) is 17.6 Å². The molecule has 0 unspecified atom stereocenters. The summed E-state index contributed by atoms with van der Waals surface area (Å²) in [5.41, 5.74) is 9.09. The average molecular weight is 378 g/mol. The first-order valence-corrected chi connectivity index (χ1v) is 8.59. The van der Waals surface area contributed by atoms with Crippen molar-refractivity contribution in [2.75, 3.05) is 0 Å². The minimum atomic E-state index is -0.839. The molecule has 4 rings (SSSR count). The number of benzene rings is 2. The van der Waals surface area contributed by atoms with E-state index >= 15 is 0 Å². The number of nitriles is 1. The summed E-state index contributed by atoms with van der Waals surface area (Å²) in [6.45, 7) is 3.72. The molecule has 0 bridgehead atoms. The van der Waals surface area contributed by atoms with Crippen LogP contribution in [0.25, 0.3) is 5.69 Å². The van der Waals surface area contributed by atoms with Gasteiger partial charge in [-0.25, -0.2) is 13.5 Å². The summed E-state index contributed by atoms with van der Waals surface area (Å²) in [5.74, 6) is -2.12. The Labute approximate surface area is 160 Å². The van der Waals surface area contributed by atoms with Gasteiger partial charge in [0, 0.05) is 11.6 Å². The summed E-state index contributed by atoms with van der Waals surface area (Å²) < 4.78 is 35.3. The number of halogens is 2. The van der Waals surface area contributed by atoms with Gasteiger partial charge in [0.25, 0.3) is 0 Å². The van der Waals surface area contributed by atoms with Crippen molar-refractivity contribution >= 4 is 0 Å². The number of nitrogens with two attached hydrogens (primary N) is 1. The van der Waals surface area contributed by atoms with Crippen molar-refractivity contribution in [3.05, 3.63) is 87.9 Å². The lowest BCUT2D eigenvalue weighted by molar-refractivity contribution is 0.366. The van der Waals surface area contributed by atoms with Gasteiger partial charge in [-0.2, -0.15) is 10.4 Å². The summed E-state index contributed by atoms with van der Waals surface area (Å²) >= 11 is 0. The number of hydrogen-bond donors (Lipinski definition) is 1. The molecular weight excluding hydrogens is 362 g/mol. The molecule has 0 saturated carbocycles. The lowest BCUT2D eigenvalue weighted by Crippen LogP contribution is -2.22. The molecule has 3 aromatic rings. The maximum absolute atomic E-state index is 14.6. The lowest BCUT2D eigenvalue weighted by Gasteiger charge is -2.25. The van der Waals surface area contributed by atoms with E-state index < -0.39 is 17.6 Å². The molecule has 1 aromatic heterocycles. The molecule has 0 amide bonds. The Bertz CT molecular complexity index is 1160. The highest BCUT2D eigenvalue weighted by Crippen LogP contribution is 2.45. The highest BCUT2D eigenvalue weighted by molar-refractivity contribution is 5.57. The number of nitrogens with zero attached hydrogens (tertiary/aromatic N) is 3. The van der Waals surface area contributed by atoms with Gasteiger partial charge in [0.05, 0.1) is 22.9 Å². The second-order valence-corrected chi connectivity index (χ2v) is 6.64. The number of fused-ring (bicyclic) bond motifs is 1. The number of ether oxygens (including phenoxy) is 1. The zero-order chi connectivity index (χ0) is 20.0. The van der Waals surface area contributed by atoms with Gasteiger partial charge in [-0.15, -0.1) is 0 Å². The predicted octanol–water partition coefficient (Wildman–Crippen LogP) is 3.99. The van der Waals surface area contributed by atoms with Crippen LogP contribution in [0, 0.1) is 36.8 Å². The Morgan fingerprint density at radius 1 is 1.14 bits per heavy atom. The molecular formula is C21H16F2N4O. The fourth-order valence-electron chi connectivity index (χ4n) is 3.42. The molecule has 1 atom stereocenters. The zero-order valence-electron chi connectivity index (χ0n) is 15.2. The average Bonchev–Trinajstić information content (AvgIpc) is 2.98. The van der Waals surface area contributed by atoms with Gasteiger partial charge in [-0.1, -0.05) is 23.8 Å². The molecule has 0 fully saturated rings. The van der Waals surface area contributed by atoms with E-state index in [-0.39, 0.29) is 17.0 Å². The number of aromatic nitrogens is 2. The van der Waals surface area contributed by atoms with Gasteiger partial charge in [-0.3, -0.25) is 0 Å². The first kappa shape index (κ1) is 17.7. The Kier molecular flexibility index (Phi) is 4.12. The number of rotatable bonds is 2. The molecule has 7 heteroatoms. The van der Waals surface area contributed by atoms with E-state index in [1.807, 2.05) is 37.3 Å². The van der Waals surface area contributed by atoms with Gasteiger partial charge < -0.3 is 10.5 Å². The normalized spacial score (nSPS) is 15.8. The van der Waals surface area contributed by atoms with Crippen molar-refractivity contribution in [1.82, 2.24) is 9.78 Å². The van der Waals surface area contributed by atoms with Crippen LogP contribution in [0.4, 0.5) is 8.78 Å². The van der Waals surface area contributed by atoms with Crippen LogP contribution in [0.15, 0.2) is 53.9 Å².